The number of carbonyl (C=O) groups excluding carboxylic acids is 2. The minimum absolute atomic E-state index is 0.0323. The van der Waals surface area contributed by atoms with Crippen molar-refractivity contribution in [3.05, 3.63) is 81.9 Å². The quantitative estimate of drug-likeness (QED) is 0.484. The lowest BCUT2D eigenvalue weighted by atomic mass is 9.93. The van der Waals surface area contributed by atoms with Crippen LogP contribution in [-0.2, 0) is 27.0 Å². The molecule has 0 bridgehead atoms. The number of hydrogen-bond donors (Lipinski definition) is 1. The van der Waals surface area contributed by atoms with Gasteiger partial charge in [0.05, 0.1) is 48.2 Å². The number of nitrogens with one attached hydrogen (secondary N) is 1. The first kappa shape index (κ1) is 25.6. The molecule has 36 heavy (non-hydrogen) atoms. The monoisotopic (exact) mass is 519 g/mol. The summed E-state index contributed by atoms with van der Waals surface area (Å²) in [5, 5.41) is 5.05. The van der Waals surface area contributed by atoms with Gasteiger partial charge in [0.25, 0.3) is 0 Å². The highest BCUT2D eigenvalue weighted by atomic mass is 32.2. The second-order valence-electron chi connectivity index (χ2n) is 8.50. The summed E-state index contributed by atoms with van der Waals surface area (Å²) in [6, 6.07) is 7.27. The maximum atomic E-state index is 13.2. The number of alkyl halides is 3. The number of nitrogens with zero attached hydrogens (tertiary/aromatic N) is 2. The molecule has 0 saturated heterocycles. The molecule has 190 valence electrons. The highest BCUT2D eigenvalue weighted by Gasteiger charge is 2.41. The van der Waals surface area contributed by atoms with Crippen LogP contribution in [0.5, 0.6) is 0 Å². The van der Waals surface area contributed by atoms with Gasteiger partial charge in [-0.1, -0.05) is 23.9 Å². The van der Waals surface area contributed by atoms with Crippen molar-refractivity contribution in [1.82, 2.24) is 10.2 Å². The maximum absolute atomic E-state index is 13.2. The molecule has 1 amide bonds. The number of rotatable bonds is 7. The van der Waals surface area contributed by atoms with E-state index in [0.717, 1.165) is 12.1 Å². The minimum Gasteiger partial charge on any atom is -0.467 e. The molecular weight excluding hydrogens is 495 g/mol. The SMILES string of the molecule is CC1=C(C(=O)OC(C)C)C(c2ccc(C(F)(F)F)cc2)N2C(CC(=O)NCc3ccco3)=CSC2=N1. The third-order valence-electron chi connectivity index (χ3n) is 5.50. The fraction of sp³-hybridized carbons (Fsp3) is 0.320. The summed E-state index contributed by atoms with van der Waals surface area (Å²) in [5.41, 5.74) is 0.808. The standard InChI is InChI=1S/C25H24F3N3O4S/c1-14(2)35-23(33)21-15(3)30-24-31(22(21)16-6-8-17(9-7-16)25(26,27)28)18(13-36-24)11-20(32)29-12-19-5-4-10-34-19/h4-10,13-14,22H,11-12H2,1-3H3,(H,29,32). The van der Waals surface area contributed by atoms with Gasteiger partial charge in [-0.05, 0) is 56.0 Å². The zero-order chi connectivity index (χ0) is 26.0. The van der Waals surface area contributed by atoms with Crippen LogP contribution in [0, 0.1) is 0 Å². The summed E-state index contributed by atoms with van der Waals surface area (Å²) in [5.74, 6) is -0.310. The number of aliphatic imine (C=N–C) groups is 1. The van der Waals surface area contributed by atoms with Crippen LogP contribution in [0.1, 0.15) is 50.1 Å². The first-order chi connectivity index (χ1) is 17.0. The van der Waals surface area contributed by atoms with Gasteiger partial charge in [0.15, 0.2) is 5.17 Å². The van der Waals surface area contributed by atoms with Gasteiger partial charge in [-0.2, -0.15) is 13.2 Å². The molecule has 1 aromatic carbocycles. The number of benzene rings is 1. The average molecular weight is 520 g/mol. The molecule has 1 atom stereocenters. The number of carbonyl (C=O) groups is 2. The summed E-state index contributed by atoms with van der Waals surface area (Å²) < 4.78 is 50.2. The molecular formula is C25H24F3N3O4S. The Balaban J connectivity index is 1.66. The highest BCUT2D eigenvalue weighted by molar-refractivity contribution is 8.16. The van der Waals surface area contributed by atoms with Gasteiger partial charge in [0.1, 0.15) is 5.76 Å². The first-order valence-corrected chi connectivity index (χ1v) is 12.0. The van der Waals surface area contributed by atoms with Crippen molar-refractivity contribution in [2.45, 2.75) is 52.1 Å². The van der Waals surface area contributed by atoms with Crippen molar-refractivity contribution < 1.29 is 31.9 Å². The number of furan rings is 1. The van der Waals surface area contributed by atoms with Crippen molar-refractivity contribution in [1.29, 1.82) is 0 Å². The Hall–Kier alpha value is -3.47. The van der Waals surface area contributed by atoms with Gasteiger partial charge in [-0.25, -0.2) is 9.79 Å². The van der Waals surface area contributed by atoms with Crippen LogP contribution < -0.4 is 5.32 Å². The Morgan fingerprint density at radius 1 is 1.22 bits per heavy atom. The van der Waals surface area contributed by atoms with Gasteiger partial charge in [0.2, 0.25) is 5.91 Å². The van der Waals surface area contributed by atoms with E-state index in [1.807, 2.05) is 0 Å². The number of halogens is 3. The third-order valence-corrected chi connectivity index (χ3v) is 6.39. The Morgan fingerprint density at radius 3 is 2.56 bits per heavy atom. The number of ether oxygens (including phenoxy) is 1. The second kappa shape index (κ2) is 10.3. The van der Waals surface area contributed by atoms with E-state index in [0.29, 0.717) is 27.9 Å². The van der Waals surface area contributed by atoms with Gasteiger partial charge >= 0.3 is 12.1 Å². The minimum atomic E-state index is -4.50. The smallest absolute Gasteiger partial charge is 0.416 e. The molecule has 0 saturated carbocycles. The number of thioether (sulfide) groups is 1. The highest BCUT2D eigenvalue weighted by Crippen LogP contribution is 2.45. The van der Waals surface area contributed by atoms with E-state index in [9.17, 15) is 22.8 Å². The molecule has 0 fully saturated rings. The van der Waals surface area contributed by atoms with E-state index < -0.39 is 29.9 Å². The van der Waals surface area contributed by atoms with E-state index in [1.54, 1.807) is 43.2 Å². The first-order valence-electron chi connectivity index (χ1n) is 11.2. The molecule has 1 unspecified atom stereocenters. The van der Waals surface area contributed by atoms with Crippen LogP contribution in [0.25, 0.3) is 0 Å². The summed E-state index contributed by atoms with van der Waals surface area (Å²) in [4.78, 5) is 32.1. The molecule has 3 heterocycles. The van der Waals surface area contributed by atoms with Crippen LogP contribution in [0.15, 0.2) is 74.4 Å². The predicted molar refractivity (Wildman–Crippen MR) is 128 cm³/mol. The van der Waals surface area contributed by atoms with Crippen LogP contribution >= 0.6 is 11.8 Å². The molecule has 4 rings (SSSR count). The van der Waals surface area contributed by atoms with Gasteiger partial charge in [-0.3, -0.25) is 4.79 Å². The second-order valence-corrected chi connectivity index (χ2v) is 9.34. The van der Waals surface area contributed by atoms with E-state index in [1.165, 1.54) is 30.2 Å². The molecule has 1 N–H and O–H groups in total. The van der Waals surface area contributed by atoms with E-state index in [2.05, 4.69) is 10.3 Å². The molecule has 7 nitrogen and oxygen atoms in total. The molecule has 1 aromatic heterocycles. The van der Waals surface area contributed by atoms with Gasteiger partial charge in [-0.15, -0.1) is 0 Å². The summed E-state index contributed by atoms with van der Waals surface area (Å²) >= 11 is 1.28. The Labute approximate surface area is 210 Å². The summed E-state index contributed by atoms with van der Waals surface area (Å²) in [7, 11) is 0. The lowest BCUT2D eigenvalue weighted by Crippen LogP contribution is -2.38. The lowest BCUT2D eigenvalue weighted by molar-refractivity contribution is -0.143. The van der Waals surface area contributed by atoms with Crippen LogP contribution in [-0.4, -0.2) is 28.0 Å². The fourth-order valence-electron chi connectivity index (χ4n) is 3.90. The van der Waals surface area contributed by atoms with Crippen molar-refractivity contribution in [3.63, 3.8) is 0 Å². The van der Waals surface area contributed by atoms with Crippen molar-refractivity contribution >= 4 is 28.8 Å². The molecule has 0 radical (unpaired) electrons. The zero-order valence-corrected chi connectivity index (χ0v) is 20.6. The number of amides is 1. The van der Waals surface area contributed by atoms with Gasteiger partial charge in [0, 0.05) is 5.70 Å². The van der Waals surface area contributed by atoms with Crippen LogP contribution in [0.3, 0.4) is 0 Å². The number of hydrogen-bond acceptors (Lipinski definition) is 7. The fourth-order valence-corrected chi connectivity index (χ4v) is 4.87. The Kier molecular flexibility index (Phi) is 7.30. The van der Waals surface area contributed by atoms with Gasteiger partial charge < -0.3 is 19.4 Å². The molecule has 2 aliphatic heterocycles. The van der Waals surface area contributed by atoms with E-state index >= 15 is 0 Å². The van der Waals surface area contributed by atoms with E-state index in [-0.39, 0.29) is 24.4 Å². The molecule has 2 aromatic rings. The number of fused-ring (bicyclic) bond motifs is 1. The number of esters is 1. The van der Waals surface area contributed by atoms with Crippen LogP contribution in [0.2, 0.25) is 0 Å². The molecule has 2 aliphatic rings. The van der Waals surface area contributed by atoms with E-state index in [4.69, 9.17) is 9.15 Å². The maximum Gasteiger partial charge on any atom is 0.416 e. The van der Waals surface area contributed by atoms with Crippen LogP contribution in [0.4, 0.5) is 13.2 Å². The average Bonchev–Trinajstić information content (AvgIpc) is 3.46. The zero-order valence-electron chi connectivity index (χ0n) is 19.8. The Morgan fingerprint density at radius 2 is 1.94 bits per heavy atom. The number of amidine groups is 1. The predicted octanol–water partition coefficient (Wildman–Crippen LogP) is 5.53. The third kappa shape index (κ3) is 5.51. The molecule has 0 spiro atoms. The van der Waals surface area contributed by atoms with Crippen molar-refractivity contribution in [2.24, 2.45) is 4.99 Å². The molecule has 11 heteroatoms. The largest absolute Gasteiger partial charge is 0.467 e. The topological polar surface area (TPSA) is 84.1 Å². The number of allylic oxidation sites excluding steroid dienone is 1. The Bertz CT molecular complexity index is 1230. The van der Waals surface area contributed by atoms with Crippen molar-refractivity contribution in [3.8, 4) is 0 Å². The van der Waals surface area contributed by atoms with Crippen molar-refractivity contribution in [2.75, 3.05) is 0 Å². The summed E-state index contributed by atoms with van der Waals surface area (Å²) in [6.07, 6.45) is -3.43. The summed E-state index contributed by atoms with van der Waals surface area (Å²) in [6.45, 7) is 5.28. The normalized spacial score (nSPS) is 17.6. The molecule has 0 aliphatic carbocycles. The lowest BCUT2D eigenvalue weighted by Gasteiger charge is -2.36.